The highest BCUT2D eigenvalue weighted by Gasteiger charge is 1.88. The van der Waals surface area contributed by atoms with Gasteiger partial charge in [-0.25, -0.2) is 0 Å². The molecule has 0 unspecified atom stereocenters. The number of unbranched alkanes of at least 4 members (excludes halogenated alkanes) is 6. The molecule has 0 amide bonds. The summed E-state index contributed by atoms with van der Waals surface area (Å²) in [7, 11) is 0. The SMILES string of the molecule is C=C.C=C.C=C.C=C.CC.CC.CC.CC.CCCCCCOCCCC.CCCCOCCCC. The Morgan fingerprint density at radius 3 is 0.694 bits per heavy atom. The lowest BCUT2D eigenvalue weighted by molar-refractivity contribution is 0.127. The predicted molar refractivity (Wildman–Crippen MR) is 181 cm³/mol. The lowest BCUT2D eigenvalue weighted by Gasteiger charge is -2.01. The van der Waals surface area contributed by atoms with Gasteiger partial charge in [-0.2, -0.15) is 0 Å². The fraction of sp³-hybridized carbons (Fsp3) is 0.765. The maximum Gasteiger partial charge on any atom is 0.0466 e. The molecular formula is C34H80O2. The molecule has 0 aromatic heterocycles. The summed E-state index contributed by atoms with van der Waals surface area (Å²) in [5, 5.41) is 0. The van der Waals surface area contributed by atoms with Gasteiger partial charge in [0, 0.05) is 26.4 Å². The van der Waals surface area contributed by atoms with Crippen molar-refractivity contribution in [1.29, 1.82) is 0 Å². The quantitative estimate of drug-likeness (QED) is 0.167. The highest BCUT2D eigenvalue weighted by molar-refractivity contribution is 4.39. The van der Waals surface area contributed by atoms with Crippen molar-refractivity contribution in [3.05, 3.63) is 52.6 Å². The van der Waals surface area contributed by atoms with Crippen LogP contribution in [0.5, 0.6) is 0 Å². The molecule has 0 aliphatic heterocycles. The molecule has 0 aliphatic carbocycles. The third kappa shape index (κ3) is 201. The molecule has 36 heavy (non-hydrogen) atoms. The van der Waals surface area contributed by atoms with Gasteiger partial charge in [-0.05, 0) is 25.7 Å². The Balaban J connectivity index is -0.0000000303. The first kappa shape index (κ1) is 64.7. The number of hydrogen-bond acceptors (Lipinski definition) is 2. The Bertz CT molecular complexity index is 162. The van der Waals surface area contributed by atoms with Crippen molar-refractivity contribution in [2.24, 2.45) is 0 Å². The summed E-state index contributed by atoms with van der Waals surface area (Å²) in [5.74, 6) is 0. The molecule has 0 N–H and O–H groups in total. The second kappa shape index (κ2) is 165. The van der Waals surface area contributed by atoms with Gasteiger partial charge in [0.05, 0.1) is 0 Å². The fourth-order valence-electron chi connectivity index (χ4n) is 1.57. The predicted octanol–water partition coefficient (Wildman–Crippen LogP) is 13.3. The van der Waals surface area contributed by atoms with E-state index in [1.807, 2.05) is 55.4 Å². The van der Waals surface area contributed by atoms with Gasteiger partial charge in [0.15, 0.2) is 0 Å². The van der Waals surface area contributed by atoms with E-state index in [-0.39, 0.29) is 0 Å². The molecule has 2 nitrogen and oxygen atoms in total. The molecule has 0 aliphatic rings. The van der Waals surface area contributed by atoms with E-state index in [2.05, 4.69) is 80.3 Å². The molecule has 0 radical (unpaired) electrons. The van der Waals surface area contributed by atoms with Gasteiger partial charge in [0.2, 0.25) is 0 Å². The lowest BCUT2D eigenvalue weighted by atomic mass is 10.2. The summed E-state index contributed by atoms with van der Waals surface area (Å²) >= 11 is 0. The summed E-state index contributed by atoms with van der Waals surface area (Å²) in [6.45, 7) is 52.6. The summed E-state index contributed by atoms with van der Waals surface area (Å²) in [5.41, 5.74) is 0. The molecule has 0 aromatic rings. The van der Waals surface area contributed by atoms with Crippen LogP contribution in [-0.4, -0.2) is 26.4 Å². The van der Waals surface area contributed by atoms with Crippen molar-refractivity contribution in [3.8, 4) is 0 Å². The van der Waals surface area contributed by atoms with Crippen molar-refractivity contribution < 1.29 is 9.47 Å². The van der Waals surface area contributed by atoms with Crippen LogP contribution in [0.25, 0.3) is 0 Å². The van der Waals surface area contributed by atoms with Crippen molar-refractivity contribution in [3.63, 3.8) is 0 Å². The topological polar surface area (TPSA) is 18.5 Å². The van der Waals surface area contributed by atoms with Gasteiger partial charge in [0.25, 0.3) is 0 Å². The first-order valence-electron chi connectivity index (χ1n) is 15.0. The average Bonchev–Trinajstić information content (AvgIpc) is 3.01. The number of rotatable bonds is 14. The molecule has 0 bridgehead atoms. The molecular weight excluding hydrogens is 440 g/mol. The molecule has 0 saturated carbocycles. The maximum absolute atomic E-state index is 5.42. The zero-order chi connectivity index (χ0) is 31.3. The van der Waals surface area contributed by atoms with Crippen molar-refractivity contribution in [1.82, 2.24) is 0 Å². The first-order chi connectivity index (χ1) is 17.8. The summed E-state index contributed by atoms with van der Waals surface area (Å²) in [4.78, 5) is 0. The molecule has 0 rings (SSSR count). The van der Waals surface area contributed by atoms with Crippen LogP contribution in [0.4, 0.5) is 0 Å². The Labute approximate surface area is 235 Å². The van der Waals surface area contributed by atoms with Gasteiger partial charge in [-0.1, -0.05) is 122 Å². The lowest BCUT2D eigenvalue weighted by Crippen LogP contribution is -1.96. The van der Waals surface area contributed by atoms with Crippen LogP contribution in [0.15, 0.2) is 52.6 Å². The fourth-order valence-corrected chi connectivity index (χ4v) is 1.57. The van der Waals surface area contributed by atoms with Crippen LogP contribution in [0.1, 0.15) is 147 Å². The molecule has 228 valence electrons. The van der Waals surface area contributed by atoms with E-state index in [1.165, 1.54) is 64.2 Å². The first-order valence-corrected chi connectivity index (χ1v) is 15.0. The molecule has 2 heteroatoms. The molecule has 0 heterocycles. The van der Waals surface area contributed by atoms with Gasteiger partial charge in [0.1, 0.15) is 0 Å². The van der Waals surface area contributed by atoms with Crippen molar-refractivity contribution >= 4 is 0 Å². The number of ether oxygens (including phenoxy) is 2. The van der Waals surface area contributed by atoms with Crippen LogP contribution in [0.2, 0.25) is 0 Å². The number of hydrogen-bond donors (Lipinski definition) is 0. The van der Waals surface area contributed by atoms with Crippen LogP contribution in [0.3, 0.4) is 0 Å². The minimum Gasteiger partial charge on any atom is -0.381 e. The zero-order valence-corrected chi connectivity index (χ0v) is 28.4. The average molecular weight is 521 g/mol. The largest absolute Gasteiger partial charge is 0.381 e. The molecule has 0 atom stereocenters. The van der Waals surface area contributed by atoms with Gasteiger partial charge >= 0.3 is 0 Å². The van der Waals surface area contributed by atoms with Crippen molar-refractivity contribution in [2.45, 2.75) is 147 Å². The van der Waals surface area contributed by atoms with E-state index >= 15 is 0 Å². The maximum atomic E-state index is 5.42. The summed E-state index contributed by atoms with van der Waals surface area (Å²) in [6.07, 6.45) is 12.6. The minimum atomic E-state index is 0.955. The smallest absolute Gasteiger partial charge is 0.0466 e. The van der Waals surface area contributed by atoms with Gasteiger partial charge in [-0.15, -0.1) is 52.6 Å². The van der Waals surface area contributed by atoms with Crippen LogP contribution in [-0.2, 0) is 9.47 Å². The Kier molecular flexibility index (Phi) is 297. The Morgan fingerprint density at radius 1 is 0.306 bits per heavy atom. The highest BCUT2D eigenvalue weighted by atomic mass is 16.5. The van der Waals surface area contributed by atoms with Crippen LogP contribution >= 0.6 is 0 Å². The van der Waals surface area contributed by atoms with E-state index in [0.717, 1.165) is 26.4 Å². The summed E-state index contributed by atoms with van der Waals surface area (Å²) in [6, 6.07) is 0. The molecule has 0 saturated heterocycles. The van der Waals surface area contributed by atoms with Gasteiger partial charge < -0.3 is 9.47 Å². The van der Waals surface area contributed by atoms with Crippen molar-refractivity contribution in [2.75, 3.05) is 26.4 Å². The molecule has 0 aromatic carbocycles. The van der Waals surface area contributed by atoms with E-state index in [4.69, 9.17) is 9.47 Å². The Morgan fingerprint density at radius 2 is 0.500 bits per heavy atom. The van der Waals surface area contributed by atoms with Crippen LogP contribution < -0.4 is 0 Å². The minimum absolute atomic E-state index is 0.955. The zero-order valence-electron chi connectivity index (χ0n) is 28.4. The summed E-state index contributed by atoms with van der Waals surface area (Å²) < 4.78 is 10.7. The van der Waals surface area contributed by atoms with E-state index in [0.29, 0.717) is 0 Å². The van der Waals surface area contributed by atoms with E-state index in [9.17, 15) is 0 Å². The third-order valence-electron chi connectivity index (χ3n) is 3.07. The molecule has 0 fully saturated rings. The highest BCUT2D eigenvalue weighted by Crippen LogP contribution is 1.99. The normalized spacial score (nSPS) is 6.78. The monoisotopic (exact) mass is 521 g/mol. The standard InChI is InChI=1S/C10H22O.C8H18O.4C2H6.4C2H4/c1-3-5-7-8-10-11-9-6-4-2;1-3-5-7-9-8-6-4-2;8*1-2/h3-10H2,1-2H3;3-8H2,1-2H3;4*1-2H3;4*1-2H2. The second-order valence-corrected chi connectivity index (χ2v) is 5.35. The third-order valence-corrected chi connectivity index (χ3v) is 3.07. The van der Waals surface area contributed by atoms with Gasteiger partial charge in [-0.3, -0.25) is 0 Å². The van der Waals surface area contributed by atoms with E-state index in [1.54, 1.807) is 0 Å². The Hall–Kier alpha value is -1.12. The second-order valence-electron chi connectivity index (χ2n) is 5.35. The van der Waals surface area contributed by atoms with Crippen LogP contribution in [0, 0.1) is 0 Å². The van der Waals surface area contributed by atoms with E-state index < -0.39 is 0 Å². The molecule has 0 spiro atoms.